The van der Waals surface area contributed by atoms with Crippen molar-refractivity contribution in [3.8, 4) is 5.69 Å². The predicted octanol–water partition coefficient (Wildman–Crippen LogP) is 2.53. The van der Waals surface area contributed by atoms with E-state index >= 15 is 0 Å². The summed E-state index contributed by atoms with van der Waals surface area (Å²) in [5.41, 5.74) is 0.0509. The van der Waals surface area contributed by atoms with Crippen LogP contribution in [0.2, 0.25) is 0 Å². The van der Waals surface area contributed by atoms with Gasteiger partial charge in [0.2, 0.25) is 0 Å². The van der Waals surface area contributed by atoms with Crippen molar-refractivity contribution in [1.29, 1.82) is 0 Å². The lowest BCUT2D eigenvalue weighted by Crippen LogP contribution is -2.24. The zero-order valence-corrected chi connectivity index (χ0v) is 12.0. The Labute approximate surface area is 122 Å². The van der Waals surface area contributed by atoms with Gasteiger partial charge in [0.15, 0.2) is 5.69 Å². The number of hydrogen-bond donors (Lipinski definition) is 1. The summed E-state index contributed by atoms with van der Waals surface area (Å²) in [4.78, 5) is 27.3. The molecule has 0 amide bonds. The zero-order valence-electron chi connectivity index (χ0n) is 12.0. The maximum atomic E-state index is 12.3. The van der Waals surface area contributed by atoms with Crippen LogP contribution in [0.25, 0.3) is 5.69 Å². The number of hydrogen-bond acceptors (Lipinski definition) is 4. The Hall–Kier alpha value is -2.63. The molecule has 2 aromatic rings. The average molecular weight is 288 g/mol. The van der Waals surface area contributed by atoms with Gasteiger partial charge in [0.25, 0.3) is 0 Å². The molecule has 0 aliphatic rings. The fraction of sp³-hybridized carbons (Fsp3) is 0.267. The average Bonchev–Trinajstić information content (AvgIpc) is 2.85. The third-order valence-electron chi connectivity index (χ3n) is 2.64. The number of nitrogens with zero attached hydrogens (tertiary/aromatic N) is 2. The molecule has 0 aliphatic heterocycles. The van der Waals surface area contributed by atoms with Crippen LogP contribution in [0.4, 0.5) is 0 Å². The van der Waals surface area contributed by atoms with Crippen LogP contribution >= 0.6 is 0 Å². The number of rotatable bonds is 3. The van der Waals surface area contributed by atoms with Crippen molar-refractivity contribution in [2.75, 3.05) is 0 Å². The molecule has 21 heavy (non-hydrogen) atoms. The number of esters is 1. The third-order valence-corrected chi connectivity index (χ3v) is 2.64. The normalized spacial score (nSPS) is 11.2. The van der Waals surface area contributed by atoms with E-state index in [1.807, 2.05) is 0 Å². The SMILES string of the molecule is CC(C)(C)OC(=O)c1ccccc1-n1cncc1C(=O)O. The number of ether oxygens (including phenoxy) is 1. The van der Waals surface area contributed by atoms with Gasteiger partial charge in [-0.05, 0) is 32.9 Å². The van der Waals surface area contributed by atoms with Crippen LogP contribution < -0.4 is 0 Å². The monoisotopic (exact) mass is 288 g/mol. The number of benzene rings is 1. The van der Waals surface area contributed by atoms with E-state index in [2.05, 4.69) is 4.98 Å². The van der Waals surface area contributed by atoms with Crippen LogP contribution in [0, 0.1) is 0 Å². The summed E-state index contributed by atoms with van der Waals surface area (Å²) >= 11 is 0. The smallest absolute Gasteiger partial charge is 0.354 e. The van der Waals surface area contributed by atoms with Gasteiger partial charge >= 0.3 is 11.9 Å². The minimum absolute atomic E-state index is 0.0222. The summed E-state index contributed by atoms with van der Waals surface area (Å²) in [6.45, 7) is 5.31. The van der Waals surface area contributed by atoms with E-state index in [-0.39, 0.29) is 11.3 Å². The summed E-state index contributed by atoms with van der Waals surface area (Å²) in [6, 6.07) is 6.65. The first kappa shape index (κ1) is 14.8. The Morgan fingerprint density at radius 2 is 1.90 bits per heavy atom. The quantitative estimate of drug-likeness (QED) is 0.878. The molecule has 0 atom stereocenters. The van der Waals surface area contributed by atoms with Crippen molar-refractivity contribution in [1.82, 2.24) is 9.55 Å². The first-order valence-corrected chi connectivity index (χ1v) is 6.38. The van der Waals surface area contributed by atoms with Crippen molar-refractivity contribution in [2.45, 2.75) is 26.4 Å². The number of aromatic nitrogens is 2. The van der Waals surface area contributed by atoms with Crippen LogP contribution in [0.5, 0.6) is 0 Å². The highest BCUT2D eigenvalue weighted by atomic mass is 16.6. The number of imidazole rings is 1. The molecule has 0 saturated heterocycles. The number of carboxylic acids is 1. The molecule has 0 spiro atoms. The van der Waals surface area contributed by atoms with Crippen LogP contribution in [-0.4, -0.2) is 32.2 Å². The Balaban J connectivity index is 2.49. The first-order chi connectivity index (χ1) is 9.79. The molecule has 2 rings (SSSR count). The Kier molecular flexibility index (Phi) is 3.80. The number of para-hydroxylation sites is 1. The second kappa shape index (κ2) is 5.40. The van der Waals surface area contributed by atoms with Crippen molar-refractivity contribution in [3.05, 3.63) is 48.0 Å². The van der Waals surface area contributed by atoms with E-state index < -0.39 is 17.5 Å². The van der Waals surface area contributed by atoms with Crippen molar-refractivity contribution in [2.24, 2.45) is 0 Å². The lowest BCUT2D eigenvalue weighted by molar-refractivity contribution is 0.00692. The molecule has 0 radical (unpaired) electrons. The van der Waals surface area contributed by atoms with Crippen LogP contribution in [-0.2, 0) is 4.74 Å². The van der Waals surface area contributed by atoms with Gasteiger partial charge in [0.1, 0.15) is 5.60 Å². The molecular formula is C15H16N2O4. The molecule has 6 nitrogen and oxygen atoms in total. The van der Waals surface area contributed by atoms with Crippen molar-refractivity contribution in [3.63, 3.8) is 0 Å². The Morgan fingerprint density at radius 1 is 1.24 bits per heavy atom. The van der Waals surface area contributed by atoms with Crippen molar-refractivity contribution >= 4 is 11.9 Å². The van der Waals surface area contributed by atoms with Gasteiger partial charge in [-0.1, -0.05) is 12.1 Å². The first-order valence-electron chi connectivity index (χ1n) is 6.38. The van der Waals surface area contributed by atoms with Crippen molar-refractivity contribution < 1.29 is 19.4 Å². The summed E-state index contributed by atoms with van der Waals surface area (Å²) in [5, 5.41) is 9.15. The second-order valence-corrected chi connectivity index (χ2v) is 5.47. The van der Waals surface area contributed by atoms with Gasteiger partial charge in [-0.3, -0.25) is 4.57 Å². The molecule has 1 aromatic heterocycles. The van der Waals surface area contributed by atoms with E-state index in [4.69, 9.17) is 9.84 Å². The predicted molar refractivity (Wildman–Crippen MR) is 75.7 cm³/mol. The van der Waals surface area contributed by atoms with Gasteiger partial charge in [-0.2, -0.15) is 0 Å². The third kappa shape index (κ3) is 3.28. The Morgan fingerprint density at radius 3 is 2.52 bits per heavy atom. The maximum Gasteiger partial charge on any atom is 0.354 e. The fourth-order valence-electron chi connectivity index (χ4n) is 1.83. The number of carbonyl (C=O) groups is 2. The summed E-state index contributed by atoms with van der Waals surface area (Å²) < 4.78 is 6.69. The largest absolute Gasteiger partial charge is 0.477 e. The molecule has 0 aliphatic carbocycles. The van der Waals surface area contributed by atoms with E-state index in [0.29, 0.717) is 5.69 Å². The molecule has 6 heteroatoms. The molecule has 1 heterocycles. The van der Waals surface area contributed by atoms with Crippen LogP contribution in [0.15, 0.2) is 36.8 Å². The highest BCUT2D eigenvalue weighted by Crippen LogP contribution is 2.20. The summed E-state index contributed by atoms with van der Waals surface area (Å²) in [5.74, 6) is -1.63. The van der Waals surface area contributed by atoms with E-state index in [1.165, 1.54) is 17.1 Å². The van der Waals surface area contributed by atoms with Gasteiger partial charge in [0.05, 0.1) is 23.8 Å². The molecule has 1 aromatic carbocycles. The fourth-order valence-corrected chi connectivity index (χ4v) is 1.83. The topological polar surface area (TPSA) is 81.4 Å². The van der Waals surface area contributed by atoms with Gasteiger partial charge in [-0.25, -0.2) is 14.6 Å². The minimum atomic E-state index is -1.12. The molecule has 0 fully saturated rings. The second-order valence-electron chi connectivity index (χ2n) is 5.47. The van der Waals surface area contributed by atoms with Gasteiger partial charge < -0.3 is 9.84 Å². The molecule has 110 valence electrons. The maximum absolute atomic E-state index is 12.3. The zero-order chi connectivity index (χ0) is 15.6. The number of aromatic carboxylic acids is 1. The van der Waals surface area contributed by atoms with E-state index in [1.54, 1.807) is 45.0 Å². The highest BCUT2D eigenvalue weighted by molar-refractivity contribution is 5.94. The minimum Gasteiger partial charge on any atom is -0.477 e. The molecule has 1 N–H and O–H groups in total. The van der Waals surface area contributed by atoms with Crippen LogP contribution in [0.1, 0.15) is 41.6 Å². The van der Waals surface area contributed by atoms with E-state index in [9.17, 15) is 9.59 Å². The molecule has 0 bridgehead atoms. The van der Waals surface area contributed by atoms with Gasteiger partial charge in [-0.15, -0.1) is 0 Å². The lowest BCUT2D eigenvalue weighted by Gasteiger charge is -2.20. The molecule has 0 unspecified atom stereocenters. The molecular weight excluding hydrogens is 272 g/mol. The highest BCUT2D eigenvalue weighted by Gasteiger charge is 2.22. The standard InChI is InChI=1S/C15H16N2O4/c1-15(2,3)21-14(20)10-6-4-5-7-11(10)17-9-16-8-12(17)13(18)19/h4-9H,1-3H3,(H,18,19). The van der Waals surface area contributed by atoms with E-state index in [0.717, 1.165) is 0 Å². The molecule has 0 saturated carbocycles. The lowest BCUT2D eigenvalue weighted by atomic mass is 10.1. The summed E-state index contributed by atoms with van der Waals surface area (Å²) in [7, 11) is 0. The number of carbonyl (C=O) groups excluding carboxylic acids is 1. The summed E-state index contributed by atoms with van der Waals surface area (Å²) in [6.07, 6.45) is 2.58. The van der Waals surface area contributed by atoms with Crippen LogP contribution in [0.3, 0.4) is 0 Å². The number of carboxylic acid groups (broad SMARTS) is 1. The Bertz CT molecular complexity index is 683. The van der Waals surface area contributed by atoms with Gasteiger partial charge in [0, 0.05) is 0 Å².